The molecule has 0 amide bonds. The van der Waals surface area contributed by atoms with E-state index in [4.69, 9.17) is 14.0 Å². The molecule has 0 saturated carbocycles. The van der Waals surface area contributed by atoms with E-state index in [2.05, 4.69) is 10.1 Å². The number of hydrogen-bond acceptors (Lipinski definition) is 6. The number of nitrogens with zero attached hydrogens (tertiary/aromatic N) is 2. The van der Waals surface area contributed by atoms with Crippen LogP contribution in [-0.2, 0) is 6.61 Å². The fraction of sp³-hybridized carbons (Fsp3) is 0.467. The van der Waals surface area contributed by atoms with Crippen molar-refractivity contribution in [3.63, 3.8) is 0 Å². The van der Waals surface area contributed by atoms with Crippen molar-refractivity contribution in [1.29, 1.82) is 0 Å². The molecule has 0 fully saturated rings. The first kappa shape index (κ1) is 13.9. The molecule has 0 spiro atoms. The summed E-state index contributed by atoms with van der Waals surface area (Å²) < 4.78 is 16.5. The molecule has 6 heteroatoms. The Labute approximate surface area is 122 Å². The first-order valence-electron chi connectivity index (χ1n) is 6.86. The zero-order valence-corrected chi connectivity index (χ0v) is 12.3. The largest absolute Gasteiger partial charge is 0.487 e. The molecule has 0 radical (unpaired) electrons. The quantitative estimate of drug-likeness (QED) is 0.936. The summed E-state index contributed by atoms with van der Waals surface area (Å²) in [4.78, 5) is 4.07. The van der Waals surface area contributed by atoms with E-state index >= 15 is 0 Å². The lowest BCUT2D eigenvalue weighted by molar-refractivity contribution is 0.0112. The summed E-state index contributed by atoms with van der Waals surface area (Å²) in [7, 11) is 0. The highest BCUT2D eigenvalue weighted by atomic mass is 16.5. The van der Waals surface area contributed by atoms with Gasteiger partial charge in [-0.3, -0.25) is 0 Å². The lowest BCUT2D eigenvalue weighted by atomic mass is 9.92. The van der Waals surface area contributed by atoms with Gasteiger partial charge in [-0.05, 0) is 32.9 Å². The monoisotopic (exact) mass is 290 g/mol. The van der Waals surface area contributed by atoms with E-state index in [9.17, 15) is 5.11 Å². The van der Waals surface area contributed by atoms with Crippen molar-refractivity contribution in [1.82, 2.24) is 10.1 Å². The molecule has 112 valence electrons. The van der Waals surface area contributed by atoms with Crippen LogP contribution in [0, 0.1) is 6.92 Å². The fourth-order valence-electron chi connectivity index (χ4n) is 2.43. The van der Waals surface area contributed by atoms with Gasteiger partial charge >= 0.3 is 0 Å². The summed E-state index contributed by atoms with van der Waals surface area (Å²) in [5, 5.41) is 13.8. The average molecular weight is 290 g/mol. The van der Waals surface area contributed by atoms with Gasteiger partial charge in [0.05, 0.1) is 6.10 Å². The summed E-state index contributed by atoms with van der Waals surface area (Å²) in [6.45, 7) is 5.86. The van der Waals surface area contributed by atoms with Crippen molar-refractivity contribution >= 4 is 0 Å². The minimum Gasteiger partial charge on any atom is -0.487 e. The van der Waals surface area contributed by atoms with Gasteiger partial charge in [-0.15, -0.1) is 0 Å². The third-order valence-corrected chi connectivity index (χ3v) is 3.35. The van der Waals surface area contributed by atoms with Crippen LogP contribution in [0.25, 0.3) is 0 Å². The Hall–Kier alpha value is -2.08. The second kappa shape index (κ2) is 5.04. The highest BCUT2D eigenvalue weighted by molar-refractivity contribution is 5.43. The summed E-state index contributed by atoms with van der Waals surface area (Å²) in [5.74, 6) is 2.28. The van der Waals surface area contributed by atoms with Crippen molar-refractivity contribution in [3.05, 3.63) is 35.5 Å². The van der Waals surface area contributed by atoms with E-state index in [1.165, 1.54) is 0 Å². The number of fused-ring (bicyclic) bond motifs is 1. The van der Waals surface area contributed by atoms with Gasteiger partial charge < -0.3 is 19.1 Å². The number of aliphatic hydroxyl groups excluding tert-OH is 1. The molecule has 1 atom stereocenters. The lowest BCUT2D eigenvalue weighted by Gasteiger charge is -2.35. The third kappa shape index (κ3) is 3.00. The first-order chi connectivity index (χ1) is 9.93. The zero-order valence-electron chi connectivity index (χ0n) is 12.3. The minimum atomic E-state index is -0.517. The van der Waals surface area contributed by atoms with Gasteiger partial charge in [0, 0.05) is 18.1 Å². The van der Waals surface area contributed by atoms with Crippen LogP contribution in [0.5, 0.6) is 11.5 Å². The molecule has 1 unspecified atom stereocenters. The van der Waals surface area contributed by atoms with Crippen LogP contribution < -0.4 is 9.47 Å². The van der Waals surface area contributed by atoms with Gasteiger partial charge in [0.1, 0.15) is 17.1 Å². The number of aliphatic hydroxyl groups is 1. The van der Waals surface area contributed by atoms with E-state index in [1.54, 1.807) is 19.1 Å². The number of benzene rings is 1. The molecular weight excluding hydrogens is 272 g/mol. The van der Waals surface area contributed by atoms with Crippen LogP contribution in [0.1, 0.15) is 43.7 Å². The number of aryl methyl sites for hydroxylation is 1. The van der Waals surface area contributed by atoms with Crippen molar-refractivity contribution in [2.75, 3.05) is 0 Å². The highest BCUT2D eigenvalue weighted by Gasteiger charge is 2.32. The molecule has 0 saturated heterocycles. The van der Waals surface area contributed by atoms with Gasteiger partial charge in [-0.2, -0.15) is 4.98 Å². The van der Waals surface area contributed by atoms with Crippen LogP contribution in [0.2, 0.25) is 0 Å². The first-order valence-corrected chi connectivity index (χ1v) is 6.86. The second-order valence-electron chi connectivity index (χ2n) is 5.81. The standard InChI is InChI=1S/C15H18N2O4/c1-9-16-14(21-17-9)8-19-10-4-5-11-12(18)7-15(2,3)20-13(11)6-10/h4-6,12,18H,7-8H2,1-3H3. The molecule has 1 aromatic carbocycles. The summed E-state index contributed by atoms with van der Waals surface area (Å²) in [5.41, 5.74) is 0.393. The van der Waals surface area contributed by atoms with E-state index in [0.717, 1.165) is 5.56 Å². The Morgan fingerprint density at radius 2 is 2.24 bits per heavy atom. The van der Waals surface area contributed by atoms with Gasteiger partial charge in [0.2, 0.25) is 0 Å². The maximum atomic E-state index is 10.1. The second-order valence-corrected chi connectivity index (χ2v) is 5.81. The van der Waals surface area contributed by atoms with Crippen molar-refractivity contribution in [3.8, 4) is 11.5 Å². The molecule has 1 aromatic heterocycles. The zero-order chi connectivity index (χ0) is 15.0. The molecule has 2 heterocycles. The molecule has 0 bridgehead atoms. The summed E-state index contributed by atoms with van der Waals surface area (Å²) in [6, 6.07) is 5.40. The highest BCUT2D eigenvalue weighted by Crippen LogP contribution is 2.41. The molecular formula is C15H18N2O4. The van der Waals surface area contributed by atoms with E-state index in [-0.39, 0.29) is 6.61 Å². The Morgan fingerprint density at radius 1 is 1.43 bits per heavy atom. The van der Waals surface area contributed by atoms with Crippen LogP contribution in [0.4, 0.5) is 0 Å². The molecule has 2 aromatic rings. The summed E-state index contributed by atoms with van der Waals surface area (Å²) >= 11 is 0. The van der Waals surface area contributed by atoms with Crippen LogP contribution in [-0.4, -0.2) is 20.8 Å². The molecule has 0 aliphatic carbocycles. The number of rotatable bonds is 3. The van der Waals surface area contributed by atoms with Gasteiger partial charge in [-0.25, -0.2) is 0 Å². The normalized spacial score (nSPS) is 19.7. The summed E-state index contributed by atoms with van der Waals surface area (Å²) in [6.07, 6.45) is 0.0537. The number of aromatic nitrogens is 2. The van der Waals surface area contributed by atoms with Gasteiger partial charge in [0.15, 0.2) is 12.4 Å². The predicted octanol–water partition coefficient (Wildman–Crippen LogP) is 2.55. The Bertz CT molecular complexity index is 651. The smallest absolute Gasteiger partial charge is 0.264 e. The topological polar surface area (TPSA) is 77.6 Å². The molecule has 1 aliphatic rings. The van der Waals surface area contributed by atoms with E-state index < -0.39 is 11.7 Å². The third-order valence-electron chi connectivity index (χ3n) is 3.35. The van der Waals surface area contributed by atoms with E-state index in [1.807, 2.05) is 19.9 Å². The molecule has 6 nitrogen and oxygen atoms in total. The minimum absolute atomic E-state index is 0.200. The molecule has 1 N–H and O–H groups in total. The Morgan fingerprint density at radius 3 is 2.95 bits per heavy atom. The molecule has 3 rings (SSSR count). The maximum Gasteiger partial charge on any atom is 0.264 e. The maximum absolute atomic E-state index is 10.1. The molecule has 1 aliphatic heterocycles. The average Bonchev–Trinajstić information content (AvgIpc) is 2.80. The predicted molar refractivity (Wildman–Crippen MR) is 74.1 cm³/mol. The van der Waals surface area contributed by atoms with Crippen LogP contribution >= 0.6 is 0 Å². The van der Waals surface area contributed by atoms with Crippen LogP contribution in [0.3, 0.4) is 0 Å². The molecule has 21 heavy (non-hydrogen) atoms. The number of ether oxygens (including phenoxy) is 2. The van der Waals surface area contributed by atoms with E-state index in [0.29, 0.717) is 29.6 Å². The van der Waals surface area contributed by atoms with Crippen molar-refractivity contribution in [2.45, 2.75) is 45.5 Å². The van der Waals surface area contributed by atoms with Crippen molar-refractivity contribution < 1.29 is 19.1 Å². The van der Waals surface area contributed by atoms with Crippen LogP contribution in [0.15, 0.2) is 22.7 Å². The Kier molecular flexibility index (Phi) is 3.33. The fourth-order valence-corrected chi connectivity index (χ4v) is 2.43. The van der Waals surface area contributed by atoms with Gasteiger partial charge in [-0.1, -0.05) is 5.16 Å². The number of hydrogen-bond donors (Lipinski definition) is 1. The van der Waals surface area contributed by atoms with Crippen molar-refractivity contribution in [2.24, 2.45) is 0 Å². The Balaban J connectivity index is 1.76. The SMILES string of the molecule is Cc1noc(COc2ccc3c(c2)OC(C)(C)CC3O)n1. The van der Waals surface area contributed by atoms with Gasteiger partial charge in [0.25, 0.3) is 5.89 Å². The lowest BCUT2D eigenvalue weighted by Crippen LogP contribution is -2.34.